The number of nitrogens with zero attached hydrogens (tertiary/aromatic N) is 1. The number of benzene rings is 2. The van der Waals surface area contributed by atoms with Crippen molar-refractivity contribution in [1.29, 1.82) is 0 Å². The Kier molecular flexibility index (Phi) is 5.96. The summed E-state index contributed by atoms with van der Waals surface area (Å²) in [5.41, 5.74) is 2.68. The van der Waals surface area contributed by atoms with Crippen LogP contribution in [0.4, 0.5) is 0 Å². The van der Waals surface area contributed by atoms with Crippen molar-refractivity contribution in [3.63, 3.8) is 0 Å². The third-order valence-electron chi connectivity index (χ3n) is 4.41. The first-order valence-electron chi connectivity index (χ1n) is 9.01. The Morgan fingerprint density at radius 2 is 2.04 bits per heavy atom. The summed E-state index contributed by atoms with van der Waals surface area (Å²) in [6.07, 6.45) is -0.165. The Morgan fingerprint density at radius 1 is 1.26 bits per heavy atom. The maximum atomic E-state index is 12.6. The van der Waals surface area contributed by atoms with Crippen molar-refractivity contribution in [1.82, 2.24) is 5.32 Å². The summed E-state index contributed by atoms with van der Waals surface area (Å²) in [4.78, 5) is 17.9. The number of hydrogen-bond acceptors (Lipinski definition) is 5. The van der Waals surface area contributed by atoms with Crippen LogP contribution in [0.5, 0.6) is 11.5 Å². The van der Waals surface area contributed by atoms with E-state index in [-0.39, 0.29) is 11.9 Å². The van der Waals surface area contributed by atoms with E-state index >= 15 is 0 Å². The normalized spacial score (nSPS) is 16.9. The standard InChI is InChI=1S/C21H24N2O4/c1-4-26-18-11-10-16(12-19(18)25-3)14(2)22-21(24)20-13-17(23-27-20)15-8-6-5-7-9-15/h5-12,14,20H,4,13H2,1-3H3,(H,22,24). The molecule has 2 aromatic rings. The van der Waals surface area contributed by atoms with E-state index < -0.39 is 6.10 Å². The molecule has 0 bridgehead atoms. The largest absolute Gasteiger partial charge is 0.493 e. The Balaban J connectivity index is 1.61. The van der Waals surface area contributed by atoms with Gasteiger partial charge in [-0.3, -0.25) is 4.79 Å². The number of carbonyl (C=O) groups excluding carboxylic acids is 1. The summed E-state index contributed by atoms with van der Waals surface area (Å²) >= 11 is 0. The predicted octanol–water partition coefficient (Wildman–Crippen LogP) is 3.46. The SMILES string of the molecule is CCOc1ccc(C(C)NC(=O)C2CC(c3ccccc3)=NO2)cc1OC. The van der Waals surface area contributed by atoms with Crippen molar-refractivity contribution in [2.24, 2.45) is 5.16 Å². The van der Waals surface area contributed by atoms with Gasteiger partial charge in [0, 0.05) is 6.42 Å². The molecule has 6 heteroatoms. The topological polar surface area (TPSA) is 69.2 Å². The van der Waals surface area contributed by atoms with Gasteiger partial charge in [-0.1, -0.05) is 41.6 Å². The van der Waals surface area contributed by atoms with E-state index in [1.165, 1.54) is 0 Å². The van der Waals surface area contributed by atoms with Gasteiger partial charge in [-0.15, -0.1) is 0 Å². The van der Waals surface area contributed by atoms with Crippen molar-refractivity contribution >= 4 is 11.6 Å². The van der Waals surface area contributed by atoms with Crippen molar-refractivity contribution < 1.29 is 19.1 Å². The van der Waals surface area contributed by atoms with Gasteiger partial charge in [0.25, 0.3) is 5.91 Å². The Morgan fingerprint density at radius 3 is 2.74 bits per heavy atom. The van der Waals surface area contributed by atoms with Gasteiger partial charge in [0.1, 0.15) is 0 Å². The summed E-state index contributed by atoms with van der Waals surface area (Å²) < 4.78 is 10.9. The van der Waals surface area contributed by atoms with Crippen LogP contribution in [-0.4, -0.2) is 31.4 Å². The van der Waals surface area contributed by atoms with Crippen molar-refractivity contribution in [2.45, 2.75) is 32.4 Å². The van der Waals surface area contributed by atoms with E-state index in [0.717, 1.165) is 16.8 Å². The number of carbonyl (C=O) groups is 1. The summed E-state index contributed by atoms with van der Waals surface area (Å²) in [5, 5.41) is 7.05. The maximum absolute atomic E-state index is 12.6. The Hall–Kier alpha value is -3.02. The van der Waals surface area contributed by atoms with E-state index in [2.05, 4.69) is 10.5 Å². The van der Waals surface area contributed by atoms with Gasteiger partial charge in [0.15, 0.2) is 11.5 Å². The number of rotatable bonds is 7. The zero-order valence-corrected chi connectivity index (χ0v) is 15.8. The van der Waals surface area contributed by atoms with Gasteiger partial charge in [0.05, 0.1) is 25.5 Å². The highest BCUT2D eigenvalue weighted by molar-refractivity contribution is 6.04. The van der Waals surface area contributed by atoms with Crippen molar-refractivity contribution in [3.05, 3.63) is 59.7 Å². The molecule has 2 unspecified atom stereocenters. The molecule has 1 heterocycles. The van der Waals surface area contributed by atoms with Crippen LogP contribution in [0.25, 0.3) is 0 Å². The first-order valence-corrected chi connectivity index (χ1v) is 9.01. The molecule has 142 valence electrons. The third-order valence-corrected chi connectivity index (χ3v) is 4.41. The first kappa shape index (κ1) is 18.8. The van der Waals surface area contributed by atoms with Crippen LogP contribution < -0.4 is 14.8 Å². The minimum Gasteiger partial charge on any atom is -0.493 e. The zero-order chi connectivity index (χ0) is 19.2. The van der Waals surface area contributed by atoms with Crippen LogP contribution in [0.1, 0.15) is 37.4 Å². The number of amides is 1. The molecule has 0 aromatic heterocycles. The van der Waals surface area contributed by atoms with E-state index in [4.69, 9.17) is 14.3 Å². The molecule has 0 saturated heterocycles. The van der Waals surface area contributed by atoms with Crippen LogP contribution >= 0.6 is 0 Å². The van der Waals surface area contributed by atoms with E-state index in [0.29, 0.717) is 24.5 Å². The van der Waals surface area contributed by atoms with Gasteiger partial charge < -0.3 is 19.6 Å². The molecule has 2 aromatic carbocycles. The molecule has 6 nitrogen and oxygen atoms in total. The fourth-order valence-electron chi connectivity index (χ4n) is 2.94. The van der Waals surface area contributed by atoms with Crippen LogP contribution in [-0.2, 0) is 9.63 Å². The second kappa shape index (κ2) is 8.58. The molecule has 1 aliphatic heterocycles. The second-order valence-electron chi connectivity index (χ2n) is 6.28. The molecule has 0 aliphatic carbocycles. The lowest BCUT2D eigenvalue weighted by molar-refractivity contribution is -0.131. The van der Waals surface area contributed by atoms with Crippen LogP contribution in [0.3, 0.4) is 0 Å². The molecular formula is C21H24N2O4. The van der Waals surface area contributed by atoms with Crippen molar-refractivity contribution in [3.8, 4) is 11.5 Å². The monoisotopic (exact) mass is 368 g/mol. The summed E-state index contributed by atoms with van der Waals surface area (Å²) in [6, 6.07) is 15.2. The van der Waals surface area contributed by atoms with Crippen LogP contribution in [0.2, 0.25) is 0 Å². The van der Waals surface area contributed by atoms with Gasteiger partial charge in [0.2, 0.25) is 6.10 Å². The van der Waals surface area contributed by atoms with Crippen LogP contribution in [0, 0.1) is 0 Å². The van der Waals surface area contributed by atoms with Crippen molar-refractivity contribution in [2.75, 3.05) is 13.7 Å². The fourth-order valence-corrected chi connectivity index (χ4v) is 2.94. The molecule has 2 atom stereocenters. The number of oxime groups is 1. The molecule has 27 heavy (non-hydrogen) atoms. The highest BCUT2D eigenvalue weighted by Gasteiger charge is 2.29. The number of hydrogen-bond donors (Lipinski definition) is 1. The van der Waals surface area contributed by atoms with E-state index in [1.807, 2.05) is 62.4 Å². The Labute approximate surface area is 159 Å². The molecule has 0 saturated carbocycles. The lowest BCUT2D eigenvalue weighted by Crippen LogP contribution is -2.36. The predicted molar refractivity (Wildman–Crippen MR) is 103 cm³/mol. The molecular weight excluding hydrogens is 344 g/mol. The molecule has 1 amide bonds. The minimum absolute atomic E-state index is 0.190. The van der Waals surface area contributed by atoms with Gasteiger partial charge in [-0.25, -0.2) is 0 Å². The maximum Gasteiger partial charge on any atom is 0.264 e. The van der Waals surface area contributed by atoms with Gasteiger partial charge in [-0.05, 0) is 37.1 Å². The van der Waals surface area contributed by atoms with E-state index in [1.54, 1.807) is 7.11 Å². The molecule has 0 fully saturated rings. The zero-order valence-electron chi connectivity index (χ0n) is 15.8. The molecule has 1 N–H and O–H groups in total. The fraction of sp³-hybridized carbons (Fsp3) is 0.333. The summed E-state index contributed by atoms with van der Waals surface area (Å²) in [7, 11) is 1.60. The molecule has 3 rings (SSSR count). The van der Waals surface area contributed by atoms with Gasteiger partial charge >= 0.3 is 0 Å². The molecule has 1 aliphatic rings. The smallest absolute Gasteiger partial charge is 0.264 e. The minimum atomic E-state index is -0.618. The molecule has 0 radical (unpaired) electrons. The average Bonchev–Trinajstić information content (AvgIpc) is 3.19. The summed E-state index contributed by atoms with van der Waals surface area (Å²) in [5.74, 6) is 1.13. The highest BCUT2D eigenvalue weighted by atomic mass is 16.6. The number of nitrogens with one attached hydrogen (secondary N) is 1. The summed E-state index contributed by atoms with van der Waals surface area (Å²) in [6.45, 7) is 4.40. The average molecular weight is 368 g/mol. The third kappa shape index (κ3) is 4.39. The highest BCUT2D eigenvalue weighted by Crippen LogP contribution is 2.30. The number of ether oxygens (including phenoxy) is 2. The Bertz CT molecular complexity index is 820. The quantitative estimate of drug-likeness (QED) is 0.813. The van der Waals surface area contributed by atoms with Crippen LogP contribution in [0.15, 0.2) is 53.7 Å². The lowest BCUT2D eigenvalue weighted by Gasteiger charge is -2.18. The molecule has 0 spiro atoms. The van der Waals surface area contributed by atoms with E-state index in [9.17, 15) is 4.79 Å². The number of methoxy groups -OCH3 is 1. The van der Waals surface area contributed by atoms with Gasteiger partial charge in [-0.2, -0.15) is 0 Å². The second-order valence-corrected chi connectivity index (χ2v) is 6.28. The lowest BCUT2D eigenvalue weighted by atomic mass is 10.0. The first-order chi connectivity index (χ1) is 13.1.